The highest BCUT2D eigenvalue weighted by molar-refractivity contribution is 6.30. The quantitative estimate of drug-likeness (QED) is 0.719. The number of aryl methyl sites for hydroxylation is 1. The van der Waals surface area contributed by atoms with E-state index in [0.29, 0.717) is 0 Å². The van der Waals surface area contributed by atoms with Crippen molar-refractivity contribution in [1.29, 1.82) is 0 Å². The molecule has 2 aliphatic rings. The third-order valence-corrected chi connectivity index (χ3v) is 6.23. The zero-order valence-corrected chi connectivity index (χ0v) is 17.2. The molecule has 148 valence electrons. The first-order valence-corrected chi connectivity index (χ1v) is 10.6. The molecule has 4 nitrogen and oxygen atoms in total. The molecule has 2 aromatic rings. The molecule has 0 radical (unpaired) electrons. The zero-order valence-electron chi connectivity index (χ0n) is 16.5. The van der Waals surface area contributed by atoms with Crippen LogP contribution in [0, 0.1) is 6.92 Å². The molecule has 1 amide bonds. The first-order chi connectivity index (χ1) is 13.6. The van der Waals surface area contributed by atoms with Gasteiger partial charge in [0.25, 0.3) is 0 Å². The summed E-state index contributed by atoms with van der Waals surface area (Å²) in [6, 6.07) is 14.2. The maximum atomic E-state index is 12.2. The molecule has 2 heterocycles. The topological polar surface area (TPSA) is 35.6 Å². The minimum atomic E-state index is 0.0286. The summed E-state index contributed by atoms with van der Waals surface area (Å²) in [7, 11) is 0. The van der Waals surface area contributed by atoms with Crippen molar-refractivity contribution in [3.8, 4) is 0 Å². The van der Waals surface area contributed by atoms with E-state index in [2.05, 4.69) is 34.2 Å². The van der Waals surface area contributed by atoms with Gasteiger partial charge in [-0.1, -0.05) is 36.2 Å². The Labute approximate surface area is 172 Å². The van der Waals surface area contributed by atoms with Crippen LogP contribution < -0.4 is 10.2 Å². The van der Waals surface area contributed by atoms with E-state index in [1.54, 1.807) is 0 Å². The average Bonchev–Trinajstić information content (AvgIpc) is 3.01. The third kappa shape index (κ3) is 4.18. The molecule has 0 aliphatic carbocycles. The van der Waals surface area contributed by atoms with Gasteiger partial charge in [-0.15, -0.1) is 0 Å². The average molecular weight is 398 g/mol. The standard InChI is InChI=1S/C23H28ClN3O/c1-17-16-18(24)9-10-22(17)27-14-12-26(13-15-27)11-5-4-7-20-19-6-2-3-8-21(19)25-23(20)28/h2-3,6,8-10,16,20H,4-5,7,11-15H2,1H3,(H,25,28). The summed E-state index contributed by atoms with van der Waals surface area (Å²) in [4.78, 5) is 17.2. The lowest BCUT2D eigenvalue weighted by molar-refractivity contribution is -0.117. The summed E-state index contributed by atoms with van der Waals surface area (Å²) in [6.07, 6.45) is 3.17. The number of hydrogen-bond acceptors (Lipinski definition) is 3. The Morgan fingerprint density at radius 1 is 1.07 bits per heavy atom. The normalized spacial score (nSPS) is 19.6. The van der Waals surface area contributed by atoms with E-state index in [1.807, 2.05) is 30.3 Å². The van der Waals surface area contributed by atoms with E-state index in [0.717, 1.165) is 62.7 Å². The number of hydrogen-bond donors (Lipinski definition) is 1. The molecule has 1 atom stereocenters. The summed E-state index contributed by atoms with van der Waals surface area (Å²) in [6.45, 7) is 7.54. The summed E-state index contributed by atoms with van der Waals surface area (Å²) >= 11 is 6.08. The van der Waals surface area contributed by atoms with Gasteiger partial charge in [-0.2, -0.15) is 0 Å². The molecule has 2 aliphatic heterocycles. The number of rotatable bonds is 6. The van der Waals surface area contributed by atoms with Crippen molar-refractivity contribution in [3.63, 3.8) is 0 Å². The van der Waals surface area contributed by atoms with Gasteiger partial charge in [0.1, 0.15) is 0 Å². The molecule has 0 aromatic heterocycles. The molecule has 0 spiro atoms. The second kappa shape index (κ2) is 8.54. The highest BCUT2D eigenvalue weighted by Crippen LogP contribution is 2.35. The highest BCUT2D eigenvalue weighted by atomic mass is 35.5. The lowest BCUT2D eigenvalue weighted by Crippen LogP contribution is -2.46. The first kappa shape index (κ1) is 19.3. The number of piperazine rings is 1. The van der Waals surface area contributed by atoms with Crippen molar-refractivity contribution in [1.82, 2.24) is 4.90 Å². The largest absolute Gasteiger partial charge is 0.369 e. The van der Waals surface area contributed by atoms with E-state index in [9.17, 15) is 4.79 Å². The fourth-order valence-corrected chi connectivity index (χ4v) is 4.66. The predicted molar refractivity (Wildman–Crippen MR) is 117 cm³/mol. The van der Waals surface area contributed by atoms with Crippen LogP contribution in [-0.2, 0) is 4.79 Å². The fraction of sp³-hybridized carbons (Fsp3) is 0.435. The van der Waals surface area contributed by atoms with Gasteiger partial charge in [0.15, 0.2) is 0 Å². The van der Waals surface area contributed by atoms with E-state index < -0.39 is 0 Å². The van der Waals surface area contributed by atoms with Crippen LogP contribution in [0.5, 0.6) is 0 Å². The number of carbonyl (C=O) groups excluding carboxylic acids is 1. The van der Waals surface area contributed by atoms with Crippen molar-refractivity contribution >= 4 is 28.9 Å². The second-order valence-corrected chi connectivity index (χ2v) is 8.32. The van der Waals surface area contributed by atoms with Gasteiger partial charge in [0, 0.05) is 42.6 Å². The van der Waals surface area contributed by atoms with Crippen LogP contribution in [-0.4, -0.2) is 43.5 Å². The van der Waals surface area contributed by atoms with Crippen LogP contribution in [0.1, 0.15) is 36.3 Å². The lowest BCUT2D eigenvalue weighted by atomic mass is 9.95. The van der Waals surface area contributed by atoms with E-state index in [-0.39, 0.29) is 11.8 Å². The van der Waals surface area contributed by atoms with Crippen LogP contribution in [0.15, 0.2) is 42.5 Å². The smallest absolute Gasteiger partial charge is 0.232 e. The molecule has 2 aromatic carbocycles. The first-order valence-electron chi connectivity index (χ1n) is 10.2. The number of anilines is 2. The van der Waals surface area contributed by atoms with Crippen molar-refractivity contribution in [2.75, 3.05) is 42.9 Å². The summed E-state index contributed by atoms with van der Waals surface area (Å²) in [5.74, 6) is 0.189. The number of nitrogens with one attached hydrogen (secondary N) is 1. The molecular formula is C23H28ClN3O. The van der Waals surface area contributed by atoms with Crippen LogP contribution in [0.4, 0.5) is 11.4 Å². The van der Waals surface area contributed by atoms with Crippen LogP contribution in [0.2, 0.25) is 5.02 Å². The van der Waals surface area contributed by atoms with Gasteiger partial charge in [-0.3, -0.25) is 9.69 Å². The van der Waals surface area contributed by atoms with Gasteiger partial charge in [0.05, 0.1) is 5.92 Å². The lowest BCUT2D eigenvalue weighted by Gasteiger charge is -2.37. The SMILES string of the molecule is Cc1cc(Cl)ccc1N1CCN(CCCCC2C(=O)Nc3ccccc32)CC1. The number of halogens is 1. The molecule has 28 heavy (non-hydrogen) atoms. The minimum Gasteiger partial charge on any atom is -0.369 e. The number of unbranched alkanes of at least 4 members (excludes halogenated alkanes) is 1. The number of benzene rings is 2. The molecule has 1 unspecified atom stereocenters. The van der Waals surface area contributed by atoms with E-state index in [1.165, 1.54) is 16.8 Å². The van der Waals surface area contributed by atoms with Gasteiger partial charge in [0.2, 0.25) is 5.91 Å². The molecule has 4 rings (SSSR count). The number of para-hydroxylation sites is 1. The number of carbonyl (C=O) groups is 1. The molecule has 1 fully saturated rings. The third-order valence-electron chi connectivity index (χ3n) is 6.00. The molecule has 1 N–H and O–H groups in total. The Kier molecular flexibility index (Phi) is 5.88. The van der Waals surface area contributed by atoms with Crippen molar-refractivity contribution in [3.05, 3.63) is 58.6 Å². The number of amides is 1. The summed E-state index contributed by atoms with van der Waals surface area (Å²) < 4.78 is 0. The highest BCUT2D eigenvalue weighted by Gasteiger charge is 2.29. The van der Waals surface area contributed by atoms with Gasteiger partial charge >= 0.3 is 0 Å². The van der Waals surface area contributed by atoms with Crippen molar-refractivity contribution < 1.29 is 4.79 Å². The minimum absolute atomic E-state index is 0.0286. The monoisotopic (exact) mass is 397 g/mol. The Balaban J connectivity index is 1.21. The zero-order chi connectivity index (χ0) is 19.5. The van der Waals surface area contributed by atoms with Crippen LogP contribution in [0.3, 0.4) is 0 Å². The van der Waals surface area contributed by atoms with E-state index in [4.69, 9.17) is 11.6 Å². The Hall–Kier alpha value is -2.04. The summed E-state index contributed by atoms with van der Waals surface area (Å²) in [5, 5.41) is 3.81. The maximum absolute atomic E-state index is 12.2. The number of nitrogens with zero attached hydrogens (tertiary/aromatic N) is 2. The van der Waals surface area contributed by atoms with Crippen molar-refractivity contribution in [2.24, 2.45) is 0 Å². The Morgan fingerprint density at radius 2 is 1.86 bits per heavy atom. The predicted octanol–water partition coefficient (Wildman–Crippen LogP) is 4.68. The fourth-order valence-electron chi connectivity index (χ4n) is 4.43. The summed E-state index contributed by atoms with van der Waals surface area (Å²) in [5.41, 5.74) is 4.71. The van der Waals surface area contributed by atoms with Crippen LogP contribution >= 0.6 is 11.6 Å². The molecular weight excluding hydrogens is 370 g/mol. The van der Waals surface area contributed by atoms with Crippen LogP contribution in [0.25, 0.3) is 0 Å². The molecule has 0 saturated carbocycles. The van der Waals surface area contributed by atoms with E-state index >= 15 is 0 Å². The maximum Gasteiger partial charge on any atom is 0.232 e. The molecule has 5 heteroatoms. The van der Waals surface area contributed by atoms with Gasteiger partial charge in [-0.25, -0.2) is 0 Å². The molecule has 1 saturated heterocycles. The van der Waals surface area contributed by atoms with Gasteiger partial charge < -0.3 is 10.2 Å². The molecule has 0 bridgehead atoms. The van der Waals surface area contributed by atoms with Gasteiger partial charge in [-0.05, 0) is 61.7 Å². The second-order valence-electron chi connectivity index (χ2n) is 7.88. The Morgan fingerprint density at radius 3 is 2.64 bits per heavy atom. The Bertz CT molecular complexity index is 845. The van der Waals surface area contributed by atoms with Crippen molar-refractivity contribution in [2.45, 2.75) is 32.1 Å². The number of fused-ring (bicyclic) bond motifs is 1.